The monoisotopic (exact) mass is 370 g/mol. The molecule has 140 valence electrons. The third-order valence-corrected chi connectivity index (χ3v) is 3.17. The highest BCUT2D eigenvalue weighted by molar-refractivity contribution is 5.86. The molecule has 0 aromatic heterocycles. The quantitative estimate of drug-likeness (QED) is 0.473. The van der Waals surface area contributed by atoms with Gasteiger partial charge in [0.25, 0.3) is 0 Å². The Morgan fingerprint density at radius 2 is 1.77 bits per heavy atom. The van der Waals surface area contributed by atoms with E-state index >= 15 is 0 Å². The van der Waals surface area contributed by atoms with E-state index < -0.39 is 12.5 Å². The highest BCUT2D eigenvalue weighted by Crippen LogP contribution is 2.27. The number of benzene rings is 2. The van der Waals surface area contributed by atoms with Gasteiger partial charge in [0, 0.05) is 5.56 Å². The van der Waals surface area contributed by atoms with E-state index in [0.29, 0.717) is 11.4 Å². The minimum Gasteiger partial charge on any atom is -0.489 e. The predicted octanol–water partition coefficient (Wildman–Crippen LogP) is 4.00. The summed E-state index contributed by atoms with van der Waals surface area (Å²) in [5, 5.41) is 0.833. The first-order valence-electron chi connectivity index (χ1n) is 7.58. The molecule has 9 heteroatoms. The molecule has 2 rings (SSSR count). The maximum atomic E-state index is 12.4. The van der Waals surface area contributed by atoms with Gasteiger partial charge in [0.15, 0.2) is 0 Å². The summed E-state index contributed by atoms with van der Waals surface area (Å²) in [6.07, 6.45) is -5.49. The van der Waals surface area contributed by atoms with E-state index in [2.05, 4.69) is 4.74 Å². The molecule has 0 spiro atoms. The molecule has 1 amide bonds. The van der Waals surface area contributed by atoms with E-state index in [0.717, 1.165) is 5.01 Å². The fourth-order valence-corrected chi connectivity index (χ4v) is 2.01. The molecule has 0 aliphatic carbocycles. The molecule has 0 radical (unpaired) electrons. The van der Waals surface area contributed by atoms with E-state index in [-0.39, 0.29) is 24.5 Å². The molecule has 0 unspecified atom stereocenters. The lowest BCUT2D eigenvalue weighted by Gasteiger charge is -2.16. The van der Waals surface area contributed by atoms with Crippen molar-refractivity contribution in [1.29, 1.82) is 0 Å². The Balaban J connectivity index is 2.02. The Bertz CT molecular complexity index is 736. The fraction of sp³-hybridized carbons (Fsp3) is 0.235. The number of rotatable bonds is 6. The van der Waals surface area contributed by atoms with Crippen LogP contribution in [-0.4, -0.2) is 19.1 Å². The number of hydrogen-bond acceptors (Lipinski definition) is 5. The highest BCUT2D eigenvalue weighted by Gasteiger charge is 2.32. The Morgan fingerprint density at radius 3 is 2.38 bits per heavy atom. The lowest BCUT2D eigenvalue weighted by Crippen LogP contribution is -2.37. The van der Waals surface area contributed by atoms with Crippen LogP contribution in [0.2, 0.25) is 0 Å². The zero-order valence-electron chi connectivity index (χ0n) is 13.8. The zero-order chi connectivity index (χ0) is 19.2. The third kappa shape index (κ3) is 5.55. The van der Waals surface area contributed by atoms with Crippen molar-refractivity contribution in [3.63, 3.8) is 0 Å². The number of para-hydroxylation sites is 1. The van der Waals surface area contributed by atoms with Gasteiger partial charge in [-0.2, -0.15) is 0 Å². The Labute approximate surface area is 147 Å². The van der Waals surface area contributed by atoms with Gasteiger partial charge in [0.2, 0.25) is 0 Å². The molecule has 0 aliphatic rings. The van der Waals surface area contributed by atoms with Gasteiger partial charge in [0.1, 0.15) is 18.1 Å². The number of hydrazine groups is 1. The molecule has 0 aliphatic heterocycles. The van der Waals surface area contributed by atoms with Crippen molar-refractivity contribution in [3.8, 4) is 11.5 Å². The van der Waals surface area contributed by atoms with Crippen LogP contribution in [0.3, 0.4) is 0 Å². The summed E-state index contributed by atoms with van der Waals surface area (Å²) in [6.45, 7) is 1.71. The summed E-state index contributed by atoms with van der Waals surface area (Å²) in [4.78, 5) is 11.5. The number of amides is 1. The smallest absolute Gasteiger partial charge is 0.489 e. The van der Waals surface area contributed by atoms with E-state index in [1.165, 1.54) is 42.5 Å². The number of carbonyl (C=O) groups excluding carboxylic acids is 1. The molecule has 0 saturated heterocycles. The number of alkyl halides is 3. The molecule has 26 heavy (non-hydrogen) atoms. The zero-order valence-corrected chi connectivity index (χ0v) is 13.8. The second-order valence-corrected chi connectivity index (χ2v) is 5.01. The van der Waals surface area contributed by atoms with Crippen LogP contribution in [0.4, 0.5) is 23.7 Å². The van der Waals surface area contributed by atoms with Gasteiger partial charge in [-0.25, -0.2) is 15.6 Å². The van der Waals surface area contributed by atoms with Crippen molar-refractivity contribution in [1.82, 2.24) is 0 Å². The lowest BCUT2D eigenvalue weighted by molar-refractivity contribution is -0.275. The van der Waals surface area contributed by atoms with Crippen molar-refractivity contribution in [2.75, 3.05) is 11.6 Å². The summed E-state index contributed by atoms with van der Waals surface area (Å²) < 4.78 is 51.4. The van der Waals surface area contributed by atoms with Gasteiger partial charge in [-0.05, 0) is 37.3 Å². The number of nitrogens with zero attached hydrogens (tertiary/aromatic N) is 1. The first-order chi connectivity index (χ1) is 12.3. The van der Waals surface area contributed by atoms with Gasteiger partial charge in [0.05, 0.1) is 12.3 Å². The Morgan fingerprint density at radius 1 is 1.12 bits per heavy atom. The maximum absolute atomic E-state index is 12.4. The summed E-state index contributed by atoms with van der Waals surface area (Å²) in [5.41, 5.74) is 0.609. The Hall–Kier alpha value is -2.94. The summed E-state index contributed by atoms with van der Waals surface area (Å²) in [6, 6.07) is 11.8. The molecule has 0 bridgehead atoms. The first kappa shape index (κ1) is 19.4. The second-order valence-electron chi connectivity index (χ2n) is 5.01. The first-order valence-corrected chi connectivity index (χ1v) is 7.58. The van der Waals surface area contributed by atoms with Gasteiger partial charge in [-0.15, -0.1) is 13.2 Å². The van der Waals surface area contributed by atoms with Gasteiger partial charge >= 0.3 is 12.5 Å². The normalized spacial score (nSPS) is 11.0. The van der Waals surface area contributed by atoms with Crippen molar-refractivity contribution >= 4 is 11.8 Å². The van der Waals surface area contributed by atoms with E-state index in [1.54, 1.807) is 13.0 Å². The van der Waals surface area contributed by atoms with Crippen molar-refractivity contribution in [2.24, 2.45) is 5.84 Å². The molecular weight excluding hydrogens is 353 g/mol. The van der Waals surface area contributed by atoms with Crippen LogP contribution in [0.5, 0.6) is 11.5 Å². The summed E-state index contributed by atoms with van der Waals surface area (Å²) >= 11 is 0. The van der Waals surface area contributed by atoms with E-state index in [9.17, 15) is 18.0 Å². The van der Waals surface area contributed by atoms with E-state index in [1.807, 2.05) is 0 Å². The van der Waals surface area contributed by atoms with Gasteiger partial charge in [-0.3, -0.25) is 0 Å². The Kier molecular flexibility index (Phi) is 6.29. The molecule has 2 aromatic carbocycles. The molecule has 0 atom stereocenters. The van der Waals surface area contributed by atoms with Crippen LogP contribution < -0.4 is 20.3 Å². The molecule has 0 heterocycles. The highest BCUT2D eigenvalue weighted by atomic mass is 19.4. The topological polar surface area (TPSA) is 74.0 Å². The molecule has 0 fully saturated rings. The fourth-order valence-electron chi connectivity index (χ4n) is 2.01. The van der Waals surface area contributed by atoms with Crippen molar-refractivity contribution in [3.05, 3.63) is 54.1 Å². The number of nitrogens with two attached hydrogens (primary N) is 1. The number of anilines is 1. The van der Waals surface area contributed by atoms with Crippen LogP contribution in [0.1, 0.15) is 12.5 Å². The molecular formula is C17H17F3N2O4. The lowest BCUT2D eigenvalue weighted by atomic mass is 10.2. The second kappa shape index (κ2) is 8.43. The molecule has 2 N–H and O–H groups in total. The van der Waals surface area contributed by atoms with Crippen LogP contribution in [0.15, 0.2) is 48.5 Å². The van der Waals surface area contributed by atoms with Crippen LogP contribution >= 0.6 is 0 Å². The number of ether oxygens (including phenoxy) is 3. The van der Waals surface area contributed by atoms with Gasteiger partial charge in [-0.1, -0.05) is 18.2 Å². The SMILES string of the molecule is CCOC(=O)N(N)c1ccc(OCc2ccccc2OC(F)(F)F)cc1. The number of carbonyl (C=O) groups is 1. The van der Waals surface area contributed by atoms with E-state index in [4.69, 9.17) is 15.3 Å². The standard InChI is InChI=1S/C17H17F3N2O4/c1-2-24-16(23)22(21)13-7-9-14(10-8-13)25-11-12-5-3-4-6-15(12)26-17(18,19)20/h3-10H,2,11,21H2,1H3. The maximum Gasteiger partial charge on any atom is 0.573 e. The number of halogens is 3. The minimum absolute atomic E-state index is 0.129. The minimum atomic E-state index is -4.78. The molecule has 2 aromatic rings. The summed E-state index contributed by atoms with van der Waals surface area (Å²) in [5.74, 6) is 5.67. The summed E-state index contributed by atoms with van der Waals surface area (Å²) in [7, 11) is 0. The average molecular weight is 370 g/mol. The van der Waals surface area contributed by atoms with Crippen LogP contribution in [0, 0.1) is 0 Å². The molecule has 0 saturated carbocycles. The van der Waals surface area contributed by atoms with Crippen LogP contribution in [-0.2, 0) is 11.3 Å². The van der Waals surface area contributed by atoms with Gasteiger partial charge < -0.3 is 14.2 Å². The predicted molar refractivity (Wildman–Crippen MR) is 87.6 cm³/mol. The number of hydrogen-bond donors (Lipinski definition) is 1. The van der Waals surface area contributed by atoms with Crippen molar-refractivity contribution < 1.29 is 32.2 Å². The average Bonchev–Trinajstić information content (AvgIpc) is 2.60. The van der Waals surface area contributed by atoms with Crippen LogP contribution in [0.25, 0.3) is 0 Å². The largest absolute Gasteiger partial charge is 0.573 e. The van der Waals surface area contributed by atoms with Crippen molar-refractivity contribution in [2.45, 2.75) is 19.9 Å². The molecule has 6 nitrogen and oxygen atoms in total. The third-order valence-electron chi connectivity index (χ3n) is 3.17.